The van der Waals surface area contributed by atoms with Crippen molar-refractivity contribution in [3.8, 4) is 0 Å². The number of aromatic nitrogens is 2. The Labute approximate surface area is 81.1 Å². The van der Waals surface area contributed by atoms with E-state index in [0.717, 1.165) is 0 Å². The Bertz CT molecular complexity index is 252. The zero-order valence-corrected chi connectivity index (χ0v) is 8.10. The van der Waals surface area contributed by atoms with E-state index >= 15 is 0 Å². The highest BCUT2D eigenvalue weighted by molar-refractivity contribution is 6.32. The molecule has 0 bridgehead atoms. The van der Waals surface area contributed by atoms with Gasteiger partial charge in [0.1, 0.15) is 17.2 Å². The molecule has 12 heavy (non-hydrogen) atoms. The molecule has 5 heteroatoms. The second-order valence-corrected chi connectivity index (χ2v) is 3.53. The molecule has 0 aliphatic rings. The van der Waals surface area contributed by atoms with Crippen LogP contribution in [0.5, 0.6) is 0 Å². The first-order chi connectivity index (χ1) is 5.70. The van der Waals surface area contributed by atoms with Gasteiger partial charge < -0.3 is 5.32 Å². The minimum atomic E-state index is 0.0519. The summed E-state index contributed by atoms with van der Waals surface area (Å²) in [4.78, 5) is 7.69. The molecule has 0 aromatic carbocycles. The fraction of sp³-hybridized carbons (Fsp3) is 0.429. The minimum absolute atomic E-state index is 0.0519. The van der Waals surface area contributed by atoms with E-state index < -0.39 is 0 Å². The standard InChI is InChI=1S/C7H9Cl2N3/c1-5(8)2-11-7-6(9)3-10-4-12-7/h3-5H,2H2,1H3,(H,10,11,12). The summed E-state index contributed by atoms with van der Waals surface area (Å²) in [5.74, 6) is 0.624. The van der Waals surface area contributed by atoms with Crippen molar-refractivity contribution in [2.45, 2.75) is 12.3 Å². The van der Waals surface area contributed by atoms with Crippen molar-refractivity contribution in [3.05, 3.63) is 17.5 Å². The van der Waals surface area contributed by atoms with Gasteiger partial charge in [0.15, 0.2) is 0 Å². The molecule has 0 amide bonds. The van der Waals surface area contributed by atoms with Gasteiger partial charge in [0.25, 0.3) is 0 Å². The Morgan fingerprint density at radius 1 is 1.67 bits per heavy atom. The third-order valence-corrected chi connectivity index (χ3v) is 1.65. The van der Waals surface area contributed by atoms with Crippen LogP contribution in [0.15, 0.2) is 12.5 Å². The number of anilines is 1. The average molecular weight is 206 g/mol. The van der Waals surface area contributed by atoms with E-state index in [1.165, 1.54) is 12.5 Å². The largest absolute Gasteiger partial charge is 0.367 e. The van der Waals surface area contributed by atoms with E-state index in [9.17, 15) is 0 Å². The number of alkyl halides is 1. The Kier molecular flexibility index (Phi) is 3.56. The molecule has 3 nitrogen and oxygen atoms in total. The van der Waals surface area contributed by atoms with E-state index in [-0.39, 0.29) is 5.38 Å². The zero-order chi connectivity index (χ0) is 8.97. The fourth-order valence-electron chi connectivity index (χ4n) is 0.680. The SMILES string of the molecule is CC(Cl)CNc1ncncc1Cl. The van der Waals surface area contributed by atoms with E-state index in [1.807, 2.05) is 6.92 Å². The van der Waals surface area contributed by atoms with Crippen LogP contribution in [-0.2, 0) is 0 Å². The molecule has 0 spiro atoms. The van der Waals surface area contributed by atoms with Gasteiger partial charge in [-0.25, -0.2) is 9.97 Å². The normalized spacial score (nSPS) is 12.6. The van der Waals surface area contributed by atoms with Crippen molar-refractivity contribution in [1.82, 2.24) is 9.97 Å². The predicted octanol–water partition coefficient (Wildman–Crippen LogP) is 2.17. The second-order valence-electron chi connectivity index (χ2n) is 2.38. The molecule has 1 rings (SSSR count). The molecule has 0 fully saturated rings. The first-order valence-corrected chi connectivity index (χ1v) is 4.35. The lowest BCUT2D eigenvalue weighted by molar-refractivity contribution is 0.973. The quantitative estimate of drug-likeness (QED) is 0.770. The average Bonchev–Trinajstić information content (AvgIpc) is 2.03. The maximum Gasteiger partial charge on any atom is 0.148 e. The fourth-order valence-corrected chi connectivity index (χ4v) is 0.929. The molecule has 1 N–H and O–H groups in total. The van der Waals surface area contributed by atoms with Gasteiger partial charge in [-0.15, -0.1) is 11.6 Å². The van der Waals surface area contributed by atoms with Gasteiger partial charge in [-0.2, -0.15) is 0 Å². The number of halogens is 2. The van der Waals surface area contributed by atoms with Gasteiger partial charge in [0.2, 0.25) is 0 Å². The molecule has 1 aromatic heterocycles. The number of rotatable bonds is 3. The predicted molar refractivity (Wildman–Crippen MR) is 50.8 cm³/mol. The molecule has 1 unspecified atom stereocenters. The van der Waals surface area contributed by atoms with Crippen molar-refractivity contribution in [1.29, 1.82) is 0 Å². The summed E-state index contributed by atoms with van der Waals surface area (Å²) in [6, 6.07) is 0. The minimum Gasteiger partial charge on any atom is -0.367 e. The first-order valence-electron chi connectivity index (χ1n) is 3.53. The number of hydrogen-bond donors (Lipinski definition) is 1. The number of nitrogens with one attached hydrogen (secondary N) is 1. The van der Waals surface area contributed by atoms with Crippen molar-refractivity contribution in [2.24, 2.45) is 0 Å². The molecule has 66 valence electrons. The van der Waals surface area contributed by atoms with Gasteiger partial charge in [-0.3, -0.25) is 0 Å². The van der Waals surface area contributed by atoms with Gasteiger partial charge in [-0.1, -0.05) is 11.6 Å². The molecule has 0 aliphatic carbocycles. The summed E-state index contributed by atoms with van der Waals surface area (Å²) >= 11 is 11.5. The third-order valence-electron chi connectivity index (χ3n) is 1.22. The van der Waals surface area contributed by atoms with Gasteiger partial charge in [0, 0.05) is 11.9 Å². The topological polar surface area (TPSA) is 37.8 Å². The Morgan fingerprint density at radius 3 is 3.00 bits per heavy atom. The lowest BCUT2D eigenvalue weighted by Gasteiger charge is -2.06. The third kappa shape index (κ3) is 2.83. The summed E-state index contributed by atoms with van der Waals surface area (Å²) in [6.45, 7) is 2.53. The van der Waals surface area contributed by atoms with Crippen LogP contribution in [0.3, 0.4) is 0 Å². The van der Waals surface area contributed by atoms with Crippen molar-refractivity contribution >= 4 is 29.0 Å². The van der Waals surface area contributed by atoms with Gasteiger partial charge in [0.05, 0.1) is 6.20 Å². The van der Waals surface area contributed by atoms with Crippen LogP contribution in [0.2, 0.25) is 5.02 Å². The van der Waals surface area contributed by atoms with Crippen LogP contribution in [0.25, 0.3) is 0 Å². The summed E-state index contributed by atoms with van der Waals surface area (Å²) < 4.78 is 0. The van der Waals surface area contributed by atoms with Crippen LogP contribution in [0, 0.1) is 0 Å². The van der Waals surface area contributed by atoms with Crippen molar-refractivity contribution < 1.29 is 0 Å². The molecule has 0 saturated heterocycles. The smallest absolute Gasteiger partial charge is 0.148 e. The number of hydrogen-bond acceptors (Lipinski definition) is 3. The molecule has 0 saturated carbocycles. The van der Waals surface area contributed by atoms with Crippen LogP contribution >= 0.6 is 23.2 Å². The Morgan fingerprint density at radius 2 is 2.42 bits per heavy atom. The first kappa shape index (κ1) is 9.55. The van der Waals surface area contributed by atoms with Crippen LogP contribution < -0.4 is 5.32 Å². The number of nitrogens with zero attached hydrogens (tertiary/aromatic N) is 2. The Hall–Kier alpha value is -0.540. The van der Waals surface area contributed by atoms with E-state index in [2.05, 4.69) is 15.3 Å². The monoisotopic (exact) mass is 205 g/mol. The molecule has 1 atom stereocenters. The van der Waals surface area contributed by atoms with E-state index in [0.29, 0.717) is 17.4 Å². The summed E-state index contributed by atoms with van der Waals surface area (Å²) in [5.41, 5.74) is 0. The van der Waals surface area contributed by atoms with E-state index in [4.69, 9.17) is 23.2 Å². The molecule has 1 heterocycles. The lowest BCUT2D eigenvalue weighted by Crippen LogP contribution is -2.11. The molecule has 0 radical (unpaired) electrons. The maximum atomic E-state index is 5.78. The maximum absolute atomic E-state index is 5.78. The molecule has 1 aromatic rings. The van der Waals surface area contributed by atoms with Crippen LogP contribution in [0.4, 0.5) is 5.82 Å². The van der Waals surface area contributed by atoms with E-state index in [1.54, 1.807) is 0 Å². The lowest BCUT2D eigenvalue weighted by atomic mass is 10.4. The van der Waals surface area contributed by atoms with Gasteiger partial charge in [-0.05, 0) is 6.92 Å². The van der Waals surface area contributed by atoms with Crippen LogP contribution in [0.1, 0.15) is 6.92 Å². The molecular formula is C7H9Cl2N3. The molecule has 0 aliphatic heterocycles. The zero-order valence-electron chi connectivity index (χ0n) is 6.59. The second kappa shape index (κ2) is 4.48. The summed E-state index contributed by atoms with van der Waals surface area (Å²) in [6.07, 6.45) is 2.98. The molecular weight excluding hydrogens is 197 g/mol. The van der Waals surface area contributed by atoms with Gasteiger partial charge >= 0.3 is 0 Å². The van der Waals surface area contributed by atoms with Crippen molar-refractivity contribution in [2.75, 3.05) is 11.9 Å². The highest BCUT2D eigenvalue weighted by Gasteiger charge is 2.01. The summed E-state index contributed by atoms with van der Waals surface area (Å²) in [7, 11) is 0. The highest BCUT2D eigenvalue weighted by Crippen LogP contribution is 2.15. The van der Waals surface area contributed by atoms with Crippen LogP contribution in [-0.4, -0.2) is 21.9 Å². The van der Waals surface area contributed by atoms with Crippen molar-refractivity contribution in [3.63, 3.8) is 0 Å². The highest BCUT2D eigenvalue weighted by atomic mass is 35.5. The summed E-state index contributed by atoms with van der Waals surface area (Å²) in [5, 5.41) is 3.56. The Balaban J connectivity index is 2.57.